The van der Waals surface area contributed by atoms with Crippen molar-refractivity contribution in [2.24, 2.45) is 4.99 Å². The van der Waals surface area contributed by atoms with E-state index >= 15 is 0 Å². The van der Waals surface area contributed by atoms with Gasteiger partial charge in [0.1, 0.15) is 0 Å². The van der Waals surface area contributed by atoms with Crippen LogP contribution in [0.25, 0.3) is 0 Å². The summed E-state index contributed by atoms with van der Waals surface area (Å²) >= 11 is 4.22. The van der Waals surface area contributed by atoms with Crippen LogP contribution >= 0.6 is 19.5 Å². The third kappa shape index (κ3) is 1.26. The maximum Gasteiger partial charge on any atom is 0.0936 e. The zero-order valence-corrected chi connectivity index (χ0v) is 8.59. The molecule has 0 spiro atoms. The maximum atomic E-state index is 4.23. The number of rotatable bonds is 0. The minimum atomic E-state index is -1.17. The Bertz CT molecular complexity index is 383. The summed E-state index contributed by atoms with van der Waals surface area (Å²) in [6.45, 7) is 1.08. The molecule has 3 heteroatoms. The molecular formula is C9H10NPS. The van der Waals surface area contributed by atoms with E-state index in [1.165, 1.54) is 5.31 Å². The molecule has 2 aliphatic heterocycles. The van der Waals surface area contributed by atoms with E-state index in [-0.39, 0.29) is 0 Å². The SMILES string of the molecule is CP12=CC=CC=C1C=C(S)N=C2. The standard InChI is InChI=1S/C9H10NPS/c1-11-5-3-2-4-8(11)6-9(12)10-7-11/h2-7H,1H3,(H,10,12). The van der Waals surface area contributed by atoms with Crippen LogP contribution in [0.1, 0.15) is 0 Å². The van der Waals surface area contributed by atoms with Crippen LogP contribution in [0.15, 0.2) is 39.6 Å². The summed E-state index contributed by atoms with van der Waals surface area (Å²) in [5.74, 6) is 4.30. The number of allylic oxidation sites excluding steroid dienone is 5. The number of fused-ring (bicyclic) bond motifs is 1. The van der Waals surface area contributed by atoms with Crippen LogP contribution in [-0.4, -0.2) is 18.4 Å². The van der Waals surface area contributed by atoms with Crippen LogP contribution in [-0.2, 0) is 0 Å². The van der Waals surface area contributed by atoms with E-state index in [0.717, 1.165) is 5.03 Å². The Morgan fingerprint density at radius 2 is 2.25 bits per heavy atom. The topological polar surface area (TPSA) is 12.4 Å². The third-order valence-corrected chi connectivity index (χ3v) is 5.06. The van der Waals surface area contributed by atoms with Crippen molar-refractivity contribution in [2.45, 2.75) is 0 Å². The van der Waals surface area contributed by atoms with Gasteiger partial charge in [-0.2, -0.15) is 0 Å². The minimum Gasteiger partial charge on any atom is -0.250 e. The van der Waals surface area contributed by atoms with Gasteiger partial charge in [0.25, 0.3) is 0 Å². The Labute approximate surface area is 78.0 Å². The molecule has 2 rings (SSSR count). The molecule has 0 aromatic heterocycles. The summed E-state index contributed by atoms with van der Waals surface area (Å²) in [5.41, 5.74) is 0. The quantitative estimate of drug-likeness (QED) is 0.450. The summed E-state index contributed by atoms with van der Waals surface area (Å²) in [4.78, 5) is 4.23. The smallest absolute Gasteiger partial charge is 0.0936 e. The van der Waals surface area contributed by atoms with Gasteiger partial charge in [0.05, 0.1) is 5.03 Å². The largest absolute Gasteiger partial charge is 0.250 e. The molecule has 1 unspecified atom stereocenters. The number of thiol groups is 1. The molecule has 0 bridgehead atoms. The van der Waals surface area contributed by atoms with Gasteiger partial charge in [-0.25, -0.2) is 4.99 Å². The summed E-state index contributed by atoms with van der Waals surface area (Å²) in [5, 5.41) is 2.17. The molecule has 0 radical (unpaired) electrons. The monoisotopic (exact) mass is 195 g/mol. The van der Waals surface area contributed by atoms with Crippen molar-refractivity contribution in [1.29, 1.82) is 0 Å². The highest BCUT2D eigenvalue weighted by atomic mass is 32.1. The van der Waals surface area contributed by atoms with Gasteiger partial charge in [-0.3, -0.25) is 0 Å². The number of hydrogen-bond donors (Lipinski definition) is 1. The summed E-state index contributed by atoms with van der Waals surface area (Å²) < 4.78 is 0. The molecule has 0 N–H and O–H groups in total. The molecule has 0 aromatic rings. The van der Waals surface area contributed by atoms with E-state index in [2.05, 4.69) is 54.4 Å². The maximum absolute atomic E-state index is 4.23. The van der Waals surface area contributed by atoms with Crippen molar-refractivity contribution in [3.05, 3.63) is 34.6 Å². The Balaban J connectivity index is 2.61. The van der Waals surface area contributed by atoms with Crippen LogP contribution in [0.3, 0.4) is 0 Å². The number of nitrogens with zero attached hydrogens (tertiary/aromatic N) is 1. The van der Waals surface area contributed by atoms with Crippen LogP contribution in [0.4, 0.5) is 0 Å². The second-order valence-electron chi connectivity index (χ2n) is 3.02. The molecule has 0 amide bonds. The van der Waals surface area contributed by atoms with Crippen LogP contribution in [0.2, 0.25) is 0 Å². The Kier molecular flexibility index (Phi) is 1.90. The zero-order valence-electron chi connectivity index (χ0n) is 6.81. The molecule has 0 aromatic carbocycles. The average Bonchev–Trinajstić information content (AvgIpc) is 2.06. The first-order chi connectivity index (χ1) is 5.71. The van der Waals surface area contributed by atoms with Crippen LogP contribution in [0.5, 0.6) is 0 Å². The first-order valence-electron chi connectivity index (χ1n) is 3.76. The highest BCUT2D eigenvalue weighted by Gasteiger charge is 2.16. The van der Waals surface area contributed by atoms with Gasteiger partial charge in [0.15, 0.2) is 0 Å². The fourth-order valence-corrected chi connectivity index (χ4v) is 3.67. The van der Waals surface area contributed by atoms with Crippen LogP contribution in [0, 0.1) is 0 Å². The van der Waals surface area contributed by atoms with E-state index in [1.54, 1.807) is 0 Å². The number of hydrogen-bond acceptors (Lipinski definition) is 2. The lowest BCUT2D eigenvalue weighted by molar-refractivity contribution is 1.53. The van der Waals surface area contributed by atoms with E-state index in [0.29, 0.717) is 0 Å². The van der Waals surface area contributed by atoms with Gasteiger partial charge in [-0.1, -0.05) is 24.0 Å². The average molecular weight is 195 g/mol. The Morgan fingerprint density at radius 3 is 3.08 bits per heavy atom. The summed E-state index contributed by atoms with van der Waals surface area (Å²) in [7, 11) is 0. The molecule has 0 saturated heterocycles. The zero-order chi connectivity index (χ0) is 8.60. The lowest BCUT2D eigenvalue weighted by Gasteiger charge is -2.22. The van der Waals surface area contributed by atoms with Gasteiger partial charge in [0, 0.05) is 5.96 Å². The van der Waals surface area contributed by atoms with Gasteiger partial charge < -0.3 is 0 Å². The second-order valence-corrected chi connectivity index (χ2v) is 6.82. The van der Waals surface area contributed by atoms with Crippen molar-refractivity contribution in [2.75, 3.05) is 6.66 Å². The second kappa shape index (κ2) is 2.79. The van der Waals surface area contributed by atoms with Gasteiger partial charge in [-0.15, -0.1) is 12.6 Å². The summed E-state index contributed by atoms with van der Waals surface area (Å²) in [6.07, 6.45) is 8.36. The van der Waals surface area contributed by atoms with Crippen LogP contribution < -0.4 is 0 Å². The normalized spacial score (nSPS) is 31.8. The van der Waals surface area contributed by atoms with Gasteiger partial charge in [-0.05, 0) is 24.9 Å². The lowest BCUT2D eigenvalue weighted by atomic mass is 10.4. The highest BCUT2D eigenvalue weighted by Crippen LogP contribution is 2.53. The molecule has 0 fully saturated rings. The van der Waals surface area contributed by atoms with Crippen molar-refractivity contribution in [1.82, 2.24) is 0 Å². The van der Waals surface area contributed by atoms with Crippen molar-refractivity contribution < 1.29 is 0 Å². The molecule has 1 atom stereocenters. The molecule has 1 nitrogen and oxygen atoms in total. The van der Waals surface area contributed by atoms with E-state index in [4.69, 9.17) is 0 Å². The molecular weight excluding hydrogens is 185 g/mol. The van der Waals surface area contributed by atoms with E-state index in [1.807, 2.05) is 5.96 Å². The van der Waals surface area contributed by atoms with E-state index < -0.39 is 6.89 Å². The van der Waals surface area contributed by atoms with Gasteiger partial charge >= 0.3 is 0 Å². The molecule has 2 heterocycles. The predicted molar refractivity (Wildman–Crippen MR) is 61.7 cm³/mol. The molecule has 0 saturated carbocycles. The Morgan fingerprint density at radius 1 is 1.42 bits per heavy atom. The highest BCUT2D eigenvalue weighted by molar-refractivity contribution is 7.91. The summed E-state index contributed by atoms with van der Waals surface area (Å²) in [6, 6.07) is 0. The lowest BCUT2D eigenvalue weighted by Crippen LogP contribution is -1.96. The van der Waals surface area contributed by atoms with Crippen molar-refractivity contribution in [3.63, 3.8) is 0 Å². The molecule has 12 heavy (non-hydrogen) atoms. The molecule has 2 aliphatic rings. The number of aliphatic imine (C=N–C) groups is 1. The Hall–Kier alpha value is -0.460. The van der Waals surface area contributed by atoms with Crippen molar-refractivity contribution in [3.8, 4) is 0 Å². The van der Waals surface area contributed by atoms with E-state index in [9.17, 15) is 0 Å². The first kappa shape index (κ1) is 8.15. The predicted octanol–water partition coefficient (Wildman–Crippen LogP) is 2.70. The van der Waals surface area contributed by atoms with Crippen molar-refractivity contribution >= 4 is 31.3 Å². The molecule has 62 valence electrons. The third-order valence-electron chi connectivity index (χ3n) is 2.04. The fourth-order valence-electron chi connectivity index (χ4n) is 1.27. The van der Waals surface area contributed by atoms with Gasteiger partial charge in [0.2, 0.25) is 0 Å². The first-order valence-corrected chi connectivity index (χ1v) is 6.58. The fraction of sp³-hybridized carbons (Fsp3) is 0.111. The molecule has 0 aliphatic carbocycles. The minimum absolute atomic E-state index is 0.808.